The molecule has 1 aromatic rings. The van der Waals surface area contributed by atoms with Gasteiger partial charge in [-0.2, -0.15) is 0 Å². The summed E-state index contributed by atoms with van der Waals surface area (Å²) in [5, 5.41) is 9.91. The molecule has 5 nitrogen and oxygen atoms in total. The third-order valence-electron chi connectivity index (χ3n) is 1.69. The Labute approximate surface area is 101 Å². The lowest BCUT2D eigenvalue weighted by atomic mass is 10.3. The third kappa shape index (κ3) is 3.94. The summed E-state index contributed by atoms with van der Waals surface area (Å²) in [6, 6.07) is 0. The van der Waals surface area contributed by atoms with E-state index in [1.807, 2.05) is 6.92 Å². The molecule has 0 saturated carbocycles. The molecular formula is C8H13BrN4OS. The zero-order valence-corrected chi connectivity index (χ0v) is 10.7. The summed E-state index contributed by atoms with van der Waals surface area (Å²) in [5.74, 6) is 5.60. The number of aliphatic hydroxyl groups excluding tert-OH is 1. The van der Waals surface area contributed by atoms with Gasteiger partial charge in [-0.1, -0.05) is 6.92 Å². The fourth-order valence-electron chi connectivity index (χ4n) is 0.935. The van der Waals surface area contributed by atoms with E-state index >= 15 is 0 Å². The number of aromatic nitrogens is 2. The van der Waals surface area contributed by atoms with Crippen molar-refractivity contribution in [3.63, 3.8) is 0 Å². The number of nitrogens with two attached hydrogens (primary N) is 1. The van der Waals surface area contributed by atoms with E-state index in [9.17, 15) is 0 Å². The van der Waals surface area contributed by atoms with E-state index in [-0.39, 0.29) is 6.61 Å². The average Bonchev–Trinajstić information content (AvgIpc) is 2.21. The largest absolute Gasteiger partial charge is 0.396 e. The van der Waals surface area contributed by atoms with Crippen molar-refractivity contribution in [2.24, 2.45) is 5.84 Å². The second-order valence-electron chi connectivity index (χ2n) is 2.93. The van der Waals surface area contributed by atoms with Crippen LogP contribution in [0.3, 0.4) is 0 Å². The van der Waals surface area contributed by atoms with Crippen LogP contribution in [0.5, 0.6) is 0 Å². The maximum absolute atomic E-state index is 8.79. The molecule has 0 saturated heterocycles. The van der Waals surface area contributed by atoms with Gasteiger partial charge in [-0.25, -0.2) is 15.8 Å². The molecule has 0 amide bonds. The minimum Gasteiger partial charge on any atom is -0.396 e. The highest BCUT2D eigenvalue weighted by Crippen LogP contribution is 2.29. The molecule has 84 valence electrons. The van der Waals surface area contributed by atoms with E-state index in [0.717, 1.165) is 15.9 Å². The summed E-state index contributed by atoms with van der Waals surface area (Å²) in [6.07, 6.45) is 2.38. The summed E-state index contributed by atoms with van der Waals surface area (Å²) in [7, 11) is 0. The maximum Gasteiger partial charge on any atom is 0.238 e. The SMILES string of the molecule is CC(CCO)Sc1nc(NN)ncc1Br. The van der Waals surface area contributed by atoms with Crippen molar-refractivity contribution in [3.05, 3.63) is 10.7 Å². The molecule has 1 aromatic heterocycles. The number of nitrogen functional groups attached to an aromatic ring is 1. The number of anilines is 1. The predicted molar refractivity (Wildman–Crippen MR) is 64.6 cm³/mol. The quantitative estimate of drug-likeness (QED) is 0.329. The summed E-state index contributed by atoms with van der Waals surface area (Å²) < 4.78 is 0.830. The molecule has 7 heteroatoms. The van der Waals surface area contributed by atoms with Crippen molar-refractivity contribution < 1.29 is 5.11 Å². The molecule has 1 unspecified atom stereocenters. The number of aliphatic hydroxyl groups is 1. The van der Waals surface area contributed by atoms with Gasteiger partial charge < -0.3 is 5.11 Å². The first-order valence-electron chi connectivity index (χ1n) is 4.44. The van der Waals surface area contributed by atoms with Gasteiger partial charge in [0.2, 0.25) is 5.95 Å². The van der Waals surface area contributed by atoms with Crippen LogP contribution in [0.15, 0.2) is 15.7 Å². The summed E-state index contributed by atoms with van der Waals surface area (Å²) >= 11 is 4.93. The van der Waals surface area contributed by atoms with Crippen molar-refractivity contribution in [2.45, 2.75) is 23.6 Å². The summed E-state index contributed by atoms with van der Waals surface area (Å²) in [5.41, 5.74) is 2.39. The van der Waals surface area contributed by atoms with Crippen LogP contribution in [0.1, 0.15) is 13.3 Å². The van der Waals surface area contributed by atoms with Crippen LogP contribution in [-0.2, 0) is 0 Å². The van der Waals surface area contributed by atoms with Crippen molar-refractivity contribution in [1.82, 2.24) is 9.97 Å². The van der Waals surface area contributed by atoms with Crippen LogP contribution in [0, 0.1) is 0 Å². The van der Waals surface area contributed by atoms with E-state index in [2.05, 4.69) is 31.3 Å². The number of nitrogens with zero attached hydrogens (tertiary/aromatic N) is 2. The van der Waals surface area contributed by atoms with Crippen LogP contribution < -0.4 is 11.3 Å². The number of thioether (sulfide) groups is 1. The van der Waals surface area contributed by atoms with Gasteiger partial charge in [-0.3, -0.25) is 5.43 Å². The molecule has 1 heterocycles. The molecule has 15 heavy (non-hydrogen) atoms. The molecule has 0 aromatic carbocycles. The Morgan fingerprint density at radius 2 is 2.47 bits per heavy atom. The Bertz CT molecular complexity index is 326. The van der Waals surface area contributed by atoms with Gasteiger partial charge in [0.05, 0.1) is 4.47 Å². The molecule has 0 aliphatic rings. The van der Waals surface area contributed by atoms with Crippen molar-refractivity contribution in [1.29, 1.82) is 0 Å². The molecule has 1 atom stereocenters. The molecule has 0 aliphatic carbocycles. The molecule has 0 spiro atoms. The fourth-order valence-corrected chi connectivity index (χ4v) is 2.32. The molecule has 0 aliphatic heterocycles. The van der Waals surface area contributed by atoms with Crippen LogP contribution in [0.4, 0.5) is 5.95 Å². The van der Waals surface area contributed by atoms with E-state index in [1.54, 1.807) is 18.0 Å². The van der Waals surface area contributed by atoms with Crippen molar-refractivity contribution in [2.75, 3.05) is 12.0 Å². The predicted octanol–water partition coefficient (Wildman–Crippen LogP) is 1.39. The van der Waals surface area contributed by atoms with Gasteiger partial charge in [0.15, 0.2) is 0 Å². The highest BCUT2D eigenvalue weighted by molar-refractivity contribution is 9.10. The third-order valence-corrected chi connectivity index (χ3v) is 3.70. The monoisotopic (exact) mass is 292 g/mol. The Morgan fingerprint density at radius 3 is 3.07 bits per heavy atom. The van der Waals surface area contributed by atoms with Gasteiger partial charge >= 0.3 is 0 Å². The van der Waals surface area contributed by atoms with Gasteiger partial charge in [0.25, 0.3) is 0 Å². The topological polar surface area (TPSA) is 84.1 Å². The zero-order chi connectivity index (χ0) is 11.3. The minimum absolute atomic E-state index is 0.179. The number of hydrogen-bond acceptors (Lipinski definition) is 6. The van der Waals surface area contributed by atoms with Crippen molar-refractivity contribution >= 4 is 33.6 Å². The molecule has 0 radical (unpaired) electrons. The first-order chi connectivity index (χ1) is 7.17. The highest BCUT2D eigenvalue weighted by Gasteiger charge is 2.09. The van der Waals surface area contributed by atoms with Crippen molar-refractivity contribution in [3.8, 4) is 0 Å². The zero-order valence-electron chi connectivity index (χ0n) is 8.27. The van der Waals surface area contributed by atoms with Crippen LogP contribution in [0.2, 0.25) is 0 Å². The van der Waals surface area contributed by atoms with E-state index < -0.39 is 0 Å². The first-order valence-corrected chi connectivity index (χ1v) is 6.11. The Morgan fingerprint density at radius 1 is 1.73 bits per heavy atom. The molecular weight excluding hydrogens is 280 g/mol. The lowest BCUT2D eigenvalue weighted by Crippen LogP contribution is -2.11. The van der Waals surface area contributed by atoms with Crippen LogP contribution in [0.25, 0.3) is 0 Å². The Kier molecular flexibility index (Phi) is 5.30. The van der Waals surface area contributed by atoms with E-state index in [1.165, 1.54) is 0 Å². The van der Waals surface area contributed by atoms with Crippen LogP contribution in [-0.4, -0.2) is 26.9 Å². The Hall–Kier alpha value is -0.370. The maximum atomic E-state index is 8.79. The summed E-state index contributed by atoms with van der Waals surface area (Å²) in [4.78, 5) is 8.15. The molecule has 0 fully saturated rings. The normalized spacial score (nSPS) is 12.5. The smallest absolute Gasteiger partial charge is 0.238 e. The Balaban J connectivity index is 2.74. The first kappa shape index (κ1) is 12.7. The van der Waals surface area contributed by atoms with E-state index in [4.69, 9.17) is 10.9 Å². The van der Waals surface area contributed by atoms with Gasteiger partial charge in [0, 0.05) is 18.1 Å². The van der Waals surface area contributed by atoms with Gasteiger partial charge in [-0.05, 0) is 22.4 Å². The van der Waals surface area contributed by atoms with Gasteiger partial charge in [0.1, 0.15) is 5.03 Å². The van der Waals surface area contributed by atoms with Crippen LogP contribution >= 0.6 is 27.7 Å². The number of hydrazine groups is 1. The number of nitrogens with one attached hydrogen (secondary N) is 1. The lowest BCUT2D eigenvalue weighted by molar-refractivity contribution is 0.289. The van der Waals surface area contributed by atoms with Gasteiger partial charge in [-0.15, -0.1) is 11.8 Å². The molecule has 4 N–H and O–H groups in total. The summed E-state index contributed by atoms with van der Waals surface area (Å²) in [6.45, 7) is 2.21. The van der Waals surface area contributed by atoms with E-state index in [0.29, 0.717) is 11.2 Å². The number of halogens is 1. The molecule has 1 rings (SSSR count). The second-order valence-corrected chi connectivity index (χ2v) is 5.21. The minimum atomic E-state index is 0.179. The number of rotatable bonds is 5. The highest BCUT2D eigenvalue weighted by atomic mass is 79.9. The standard InChI is InChI=1S/C8H13BrN4OS/c1-5(2-3-14)15-7-6(9)4-11-8(12-7)13-10/h4-5,14H,2-3,10H2,1H3,(H,11,12,13). The average molecular weight is 293 g/mol. The fraction of sp³-hybridized carbons (Fsp3) is 0.500. The number of hydrogen-bond donors (Lipinski definition) is 3. The molecule has 0 bridgehead atoms. The lowest BCUT2D eigenvalue weighted by Gasteiger charge is -2.10. The second kappa shape index (κ2) is 6.26.